The second-order valence-corrected chi connectivity index (χ2v) is 7.46. The Kier molecular flexibility index (Phi) is 5.40. The summed E-state index contributed by atoms with van der Waals surface area (Å²) >= 11 is 1.52. The Morgan fingerprint density at radius 1 is 1.38 bits per heavy atom. The van der Waals surface area contributed by atoms with Crippen molar-refractivity contribution in [3.05, 3.63) is 29.7 Å². The van der Waals surface area contributed by atoms with E-state index in [0.29, 0.717) is 18.2 Å². The van der Waals surface area contributed by atoms with Gasteiger partial charge in [0.05, 0.1) is 18.1 Å². The lowest BCUT2D eigenvalue weighted by molar-refractivity contribution is -0.133. The van der Waals surface area contributed by atoms with E-state index in [4.69, 9.17) is 0 Å². The second kappa shape index (κ2) is 7.70. The molecule has 0 aliphatic carbocycles. The first kappa shape index (κ1) is 16.8. The van der Waals surface area contributed by atoms with Crippen LogP contribution in [0.25, 0.3) is 0 Å². The molecule has 0 aromatic carbocycles. The molecule has 1 amide bonds. The summed E-state index contributed by atoms with van der Waals surface area (Å²) < 4.78 is 0. The average Bonchev–Trinajstić information content (AvgIpc) is 3.08. The van der Waals surface area contributed by atoms with Crippen LogP contribution >= 0.6 is 11.3 Å². The third kappa shape index (κ3) is 4.29. The molecule has 7 heteroatoms. The molecule has 0 bridgehead atoms. The Labute approximate surface area is 146 Å². The molecule has 2 aromatic heterocycles. The van der Waals surface area contributed by atoms with E-state index in [1.54, 1.807) is 12.4 Å². The highest BCUT2D eigenvalue weighted by Gasteiger charge is 2.26. The molecule has 0 saturated carbocycles. The largest absolute Gasteiger partial charge is 0.342 e. The van der Waals surface area contributed by atoms with Crippen LogP contribution in [0.15, 0.2) is 24.0 Å². The number of amides is 1. The summed E-state index contributed by atoms with van der Waals surface area (Å²) in [5.41, 5.74) is 0.960. The predicted molar refractivity (Wildman–Crippen MR) is 95.4 cm³/mol. The van der Waals surface area contributed by atoms with Gasteiger partial charge in [0.1, 0.15) is 0 Å². The smallest absolute Gasteiger partial charge is 0.222 e. The number of hydrogen-bond acceptors (Lipinski definition) is 6. The monoisotopic (exact) mass is 345 g/mol. The molecule has 1 fully saturated rings. The SMILES string of the molecule is CC(C)CC(=O)N1CCC[C@@H](c2cnc(Nc3nccs3)cn2)C1. The number of anilines is 2. The minimum absolute atomic E-state index is 0.254. The summed E-state index contributed by atoms with van der Waals surface area (Å²) in [6.07, 6.45) is 8.01. The van der Waals surface area contributed by atoms with Gasteiger partial charge in [-0.1, -0.05) is 13.8 Å². The summed E-state index contributed by atoms with van der Waals surface area (Å²) in [6, 6.07) is 0. The van der Waals surface area contributed by atoms with E-state index in [1.807, 2.05) is 16.5 Å². The molecule has 2 aromatic rings. The zero-order valence-corrected chi connectivity index (χ0v) is 14.9. The quantitative estimate of drug-likeness (QED) is 0.899. The number of piperidine rings is 1. The number of hydrogen-bond donors (Lipinski definition) is 1. The van der Waals surface area contributed by atoms with Crippen molar-refractivity contribution in [2.24, 2.45) is 5.92 Å². The van der Waals surface area contributed by atoms with Crippen LogP contribution in [0.1, 0.15) is 44.7 Å². The predicted octanol–water partition coefficient (Wildman–Crippen LogP) is 3.43. The minimum Gasteiger partial charge on any atom is -0.342 e. The van der Waals surface area contributed by atoms with Crippen LogP contribution in [0, 0.1) is 5.92 Å². The van der Waals surface area contributed by atoms with Gasteiger partial charge in [-0.2, -0.15) is 0 Å². The standard InChI is InChI=1S/C17H23N5OS/c1-12(2)8-16(23)22-6-3-4-13(11-22)14-9-20-15(10-19-14)21-17-18-5-7-24-17/h5,7,9-10,12-13H,3-4,6,8,11H2,1-2H3,(H,18,20,21)/t13-/m1/s1. The van der Waals surface area contributed by atoms with E-state index in [2.05, 4.69) is 34.1 Å². The highest BCUT2D eigenvalue weighted by atomic mass is 32.1. The van der Waals surface area contributed by atoms with Gasteiger partial charge in [0.25, 0.3) is 0 Å². The Balaban J connectivity index is 1.62. The maximum Gasteiger partial charge on any atom is 0.222 e. The molecule has 128 valence electrons. The van der Waals surface area contributed by atoms with Crippen molar-refractivity contribution in [1.82, 2.24) is 19.9 Å². The van der Waals surface area contributed by atoms with Gasteiger partial charge in [0.15, 0.2) is 10.9 Å². The van der Waals surface area contributed by atoms with Crippen LogP contribution in [-0.2, 0) is 4.79 Å². The van der Waals surface area contributed by atoms with Gasteiger partial charge in [0, 0.05) is 37.0 Å². The molecule has 3 rings (SSSR count). The van der Waals surface area contributed by atoms with E-state index >= 15 is 0 Å². The first-order valence-electron chi connectivity index (χ1n) is 8.38. The first-order chi connectivity index (χ1) is 11.6. The van der Waals surface area contributed by atoms with Crippen LogP contribution in [0.5, 0.6) is 0 Å². The number of nitrogens with one attached hydrogen (secondary N) is 1. The Morgan fingerprint density at radius 2 is 2.25 bits per heavy atom. The Bertz CT molecular complexity index is 656. The molecule has 0 radical (unpaired) electrons. The lowest BCUT2D eigenvalue weighted by atomic mass is 9.94. The van der Waals surface area contributed by atoms with Crippen molar-refractivity contribution < 1.29 is 4.79 Å². The van der Waals surface area contributed by atoms with Gasteiger partial charge < -0.3 is 10.2 Å². The van der Waals surface area contributed by atoms with Crippen molar-refractivity contribution in [3.63, 3.8) is 0 Å². The van der Waals surface area contributed by atoms with Gasteiger partial charge in [0.2, 0.25) is 5.91 Å². The molecule has 24 heavy (non-hydrogen) atoms. The minimum atomic E-state index is 0.254. The number of carbonyl (C=O) groups is 1. The van der Waals surface area contributed by atoms with E-state index in [-0.39, 0.29) is 11.8 Å². The lowest BCUT2D eigenvalue weighted by Gasteiger charge is -2.33. The fourth-order valence-electron chi connectivity index (χ4n) is 2.93. The molecule has 1 atom stereocenters. The van der Waals surface area contributed by atoms with Crippen molar-refractivity contribution in [2.45, 2.75) is 39.0 Å². The lowest BCUT2D eigenvalue weighted by Crippen LogP contribution is -2.39. The normalized spacial score (nSPS) is 18.0. The van der Waals surface area contributed by atoms with Gasteiger partial charge >= 0.3 is 0 Å². The zero-order valence-electron chi connectivity index (χ0n) is 14.1. The Morgan fingerprint density at radius 3 is 2.92 bits per heavy atom. The van der Waals surface area contributed by atoms with Crippen molar-refractivity contribution in [2.75, 3.05) is 18.4 Å². The first-order valence-corrected chi connectivity index (χ1v) is 9.26. The topological polar surface area (TPSA) is 71.0 Å². The molecule has 3 heterocycles. The van der Waals surface area contributed by atoms with Crippen LogP contribution in [0.3, 0.4) is 0 Å². The van der Waals surface area contributed by atoms with E-state index in [0.717, 1.165) is 36.8 Å². The molecular formula is C17H23N5OS. The number of thiazole rings is 1. The van der Waals surface area contributed by atoms with Crippen molar-refractivity contribution >= 4 is 28.2 Å². The second-order valence-electron chi connectivity index (χ2n) is 6.57. The van der Waals surface area contributed by atoms with Crippen LogP contribution in [0.4, 0.5) is 10.9 Å². The van der Waals surface area contributed by atoms with Crippen molar-refractivity contribution in [3.8, 4) is 0 Å². The van der Waals surface area contributed by atoms with Crippen molar-refractivity contribution in [1.29, 1.82) is 0 Å². The third-order valence-corrected chi connectivity index (χ3v) is 4.80. The maximum absolute atomic E-state index is 12.3. The molecular weight excluding hydrogens is 322 g/mol. The maximum atomic E-state index is 12.3. The summed E-state index contributed by atoms with van der Waals surface area (Å²) in [5, 5.41) is 5.85. The Hall–Kier alpha value is -2.02. The summed E-state index contributed by atoms with van der Waals surface area (Å²) in [4.78, 5) is 27.4. The zero-order chi connectivity index (χ0) is 16.9. The van der Waals surface area contributed by atoms with E-state index in [9.17, 15) is 4.79 Å². The van der Waals surface area contributed by atoms with Gasteiger partial charge in [-0.15, -0.1) is 11.3 Å². The van der Waals surface area contributed by atoms with Crippen LogP contribution < -0.4 is 5.32 Å². The molecule has 1 aliphatic rings. The fraction of sp³-hybridized carbons (Fsp3) is 0.529. The average molecular weight is 345 g/mol. The molecule has 1 aliphatic heterocycles. The summed E-state index contributed by atoms with van der Waals surface area (Å²) in [6.45, 7) is 5.77. The number of aromatic nitrogens is 3. The highest BCUT2D eigenvalue weighted by Crippen LogP contribution is 2.26. The van der Waals surface area contributed by atoms with Gasteiger partial charge in [-0.25, -0.2) is 9.97 Å². The molecule has 1 saturated heterocycles. The van der Waals surface area contributed by atoms with E-state index < -0.39 is 0 Å². The summed E-state index contributed by atoms with van der Waals surface area (Å²) in [7, 11) is 0. The number of likely N-dealkylation sites (tertiary alicyclic amines) is 1. The highest BCUT2D eigenvalue weighted by molar-refractivity contribution is 7.13. The molecule has 1 N–H and O–H groups in total. The molecule has 0 unspecified atom stereocenters. The van der Waals surface area contributed by atoms with Gasteiger partial charge in [-0.3, -0.25) is 9.78 Å². The van der Waals surface area contributed by atoms with Crippen LogP contribution in [-0.4, -0.2) is 38.8 Å². The number of rotatable bonds is 5. The van der Waals surface area contributed by atoms with E-state index in [1.165, 1.54) is 11.3 Å². The number of carbonyl (C=O) groups excluding carboxylic acids is 1. The fourth-order valence-corrected chi connectivity index (χ4v) is 3.47. The third-order valence-electron chi connectivity index (χ3n) is 4.11. The molecule has 0 spiro atoms. The summed E-state index contributed by atoms with van der Waals surface area (Å²) in [5.74, 6) is 1.62. The van der Waals surface area contributed by atoms with Gasteiger partial charge in [-0.05, 0) is 18.8 Å². The van der Waals surface area contributed by atoms with Crippen LogP contribution in [0.2, 0.25) is 0 Å². The molecule has 6 nitrogen and oxygen atoms in total. The number of nitrogens with zero attached hydrogens (tertiary/aromatic N) is 4.